The zero-order valence-corrected chi connectivity index (χ0v) is 15.7. The average molecular weight is 386 g/mol. The molecule has 144 valence electrons. The largest absolute Gasteiger partial charge is 0.450 e. The highest BCUT2D eigenvalue weighted by Gasteiger charge is 2.11. The van der Waals surface area contributed by atoms with Gasteiger partial charge in [0.1, 0.15) is 5.75 Å². The minimum absolute atomic E-state index is 0.247. The zero-order chi connectivity index (χ0) is 20.1. The number of aromatic nitrogens is 3. The van der Waals surface area contributed by atoms with E-state index in [2.05, 4.69) is 20.3 Å². The molecule has 0 bridgehead atoms. The van der Waals surface area contributed by atoms with Crippen LogP contribution in [0.3, 0.4) is 0 Å². The predicted octanol–water partition coefficient (Wildman–Crippen LogP) is 5.05. The lowest BCUT2D eigenvalue weighted by Crippen LogP contribution is -2.13. The summed E-state index contributed by atoms with van der Waals surface area (Å²) < 4.78 is 10.9. The lowest BCUT2D eigenvalue weighted by Gasteiger charge is -2.12. The van der Waals surface area contributed by atoms with E-state index in [0.29, 0.717) is 18.0 Å². The Balaban J connectivity index is 1.63. The first-order chi connectivity index (χ1) is 14.2. The second-order valence-corrected chi connectivity index (χ2v) is 6.11. The lowest BCUT2D eigenvalue weighted by molar-refractivity contribution is 0.168. The monoisotopic (exact) mass is 386 g/mol. The van der Waals surface area contributed by atoms with E-state index in [1.807, 2.05) is 42.5 Å². The van der Waals surface area contributed by atoms with Crippen molar-refractivity contribution in [3.8, 4) is 22.9 Å². The first-order valence-corrected chi connectivity index (χ1v) is 9.11. The summed E-state index contributed by atoms with van der Waals surface area (Å²) in [6.07, 6.45) is 4.56. The molecule has 2 aromatic carbocycles. The van der Waals surface area contributed by atoms with Crippen molar-refractivity contribution >= 4 is 22.7 Å². The number of para-hydroxylation sites is 1. The fourth-order valence-corrected chi connectivity index (χ4v) is 2.85. The molecule has 0 aliphatic rings. The molecule has 0 aliphatic carbocycles. The second kappa shape index (κ2) is 8.35. The molecule has 1 N–H and O–H groups in total. The number of ether oxygens (including phenoxy) is 2. The van der Waals surface area contributed by atoms with Gasteiger partial charge in [0.15, 0.2) is 0 Å². The maximum absolute atomic E-state index is 11.7. The molecule has 4 rings (SSSR count). The number of fused-ring (bicyclic) bond motifs is 1. The van der Waals surface area contributed by atoms with Crippen molar-refractivity contribution in [3.63, 3.8) is 0 Å². The molecule has 7 nitrogen and oxygen atoms in total. The van der Waals surface area contributed by atoms with Crippen LogP contribution < -0.4 is 10.1 Å². The number of anilines is 1. The zero-order valence-electron chi connectivity index (χ0n) is 15.7. The van der Waals surface area contributed by atoms with E-state index in [9.17, 15) is 4.79 Å². The number of nitrogens with zero attached hydrogens (tertiary/aromatic N) is 3. The van der Waals surface area contributed by atoms with Crippen LogP contribution in [0, 0.1) is 0 Å². The summed E-state index contributed by atoms with van der Waals surface area (Å²) in [5, 5.41) is 3.55. The van der Waals surface area contributed by atoms with Crippen LogP contribution in [0.1, 0.15) is 6.92 Å². The maximum Gasteiger partial charge on any atom is 0.411 e. The minimum Gasteiger partial charge on any atom is -0.450 e. The number of nitrogens with one attached hydrogen (secondary N) is 1. The molecule has 0 aliphatic heterocycles. The molecular formula is C22H18N4O3. The van der Waals surface area contributed by atoms with Crippen molar-refractivity contribution in [2.75, 3.05) is 11.9 Å². The molecule has 0 unspecified atom stereocenters. The maximum atomic E-state index is 11.7. The van der Waals surface area contributed by atoms with Crippen molar-refractivity contribution in [3.05, 3.63) is 73.2 Å². The van der Waals surface area contributed by atoms with E-state index >= 15 is 0 Å². The molecule has 7 heteroatoms. The summed E-state index contributed by atoms with van der Waals surface area (Å²) in [7, 11) is 0. The number of amides is 1. The van der Waals surface area contributed by atoms with E-state index in [0.717, 1.165) is 22.0 Å². The Morgan fingerprint density at radius 2 is 1.97 bits per heavy atom. The van der Waals surface area contributed by atoms with Crippen molar-refractivity contribution in [1.82, 2.24) is 15.0 Å². The molecule has 0 spiro atoms. The number of carbonyl (C=O) groups is 1. The van der Waals surface area contributed by atoms with Crippen molar-refractivity contribution in [2.45, 2.75) is 6.92 Å². The van der Waals surface area contributed by atoms with Gasteiger partial charge in [0.25, 0.3) is 0 Å². The first kappa shape index (κ1) is 18.4. The van der Waals surface area contributed by atoms with Gasteiger partial charge in [-0.1, -0.05) is 30.3 Å². The van der Waals surface area contributed by atoms with Crippen LogP contribution in [0.15, 0.2) is 73.2 Å². The smallest absolute Gasteiger partial charge is 0.411 e. The van der Waals surface area contributed by atoms with Crippen LogP contribution in [0.25, 0.3) is 22.0 Å². The highest BCUT2D eigenvalue weighted by Crippen LogP contribution is 2.33. The van der Waals surface area contributed by atoms with E-state index in [1.165, 1.54) is 0 Å². The highest BCUT2D eigenvalue weighted by molar-refractivity contribution is 5.86. The molecule has 2 aromatic heterocycles. The van der Waals surface area contributed by atoms with E-state index < -0.39 is 6.09 Å². The summed E-state index contributed by atoms with van der Waals surface area (Å²) in [6, 6.07) is 17.1. The normalized spacial score (nSPS) is 10.5. The first-order valence-electron chi connectivity index (χ1n) is 9.11. The second-order valence-electron chi connectivity index (χ2n) is 6.11. The van der Waals surface area contributed by atoms with Gasteiger partial charge < -0.3 is 9.47 Å². The highest BCUT2D eigenvalue weighted by atomic mass is 16.5. The summed E-state index contributed by atoms with van der Waals surface area (Å²) in [5.74, 6) is 0.606. The number of rotatable bonds is 5. The van der Waals surface area contributed by atoms with Crippen molar-refractivity contribution < 1.29 is 14.3 Å². The average Bonchev–Trinajstić information content (AvgIpc) is 2.74. The fourth-order valence-electron chi connectivity index (χ4n) is 2.85. The van der Waals surface area contributed by atoms with Crippen LogP contribution >= 0.6 is 0 Å². The van der Waals surface area contributed by atoms with E-state index in [1.54, 1.807) is 37.6 Å². The topological polar surface area (TPSA) is 86.2 Å². The van der Waals surface area contributed by atoms with Crippen molar-refractivity contribution in [2.24, 2.45) is 0 Å². The number of pyridine rings is 1. The Hall–Kier alpha value is -4.00. The molecule has 1 amide bonds. The molecule has 0 fully saturated rings. The Kier molecular flexibility index (Phi) is 5.29. The van der Waals surface area contributed by atoms with Crippen LogP contribution in [0.5, 0.6) is 11.8 Å². The lowest BCUT2D eigenvalue weighted by atomic mass is 10.0. The predicted molar refractivity (Wildman–Crippen MR) is 110 cm³/mol. The Morgan fingerprint density at radius 1 is 1.07 bits per heavy atom. The van der Waals surface area contributed by atoms with Gasteiger partial charge in [-0.15, -0.1) is 0 Å². The van der Waals surface area contributed by atoms with Gasteiger partial charge in [-0.05, 0) is 36.8 Å². The molecule has 0 saturated heterocycles. The SMILES string of the molecule is CCOC(=O)Nc1cccc(-c2ccccc2Oc2ncc3cnccc3n2)c1. The van der Waals surface area contributed by atoms with Gasteiger partial charge in [0, 0.05) is 35.2 Å². The Bertz CT molecular complexity index is 1160. The summed E-state index contributed by atoms with van der Waals surface area (Å²) in [5.41, 5.74) is 3.10. The minimum atomic E-state index is -0.492. The molecule has 0 atom stereocenters. The standard InChI is InChI=1S/C22H18N4O3/c1-2-28-22(27)25-17-7-5-6-15(12-17)18-8-3-4-9-20(18)29-21-24-14-16-13-23-11-10-19(16)26-21/h3-14H,2H2,1H3,(H,25,27). The molecule has 4 aromatic rings. The third kappa shape index (κ3) is 4.30. The van der Waals surface area contributed by atoms with Crippen LogP contribution in [-0.2, 0) is 4.74 Å². The molecular weight excluding hydrogens is 368 g/mol. The molecule has 29 heavy (non-hydrogen) atoms. The molecule has 2 heterocycles. The van der Waals surface area contributed by atoms with Crippen LogP contribution in [-0.4, -0.2) is 27.7 Å². The van der Waals surface area contributed by atoms with Gasteiger partial charge in [-0.3, -0.25) is 10.3 Å². The van der Waals surface area contributed by atoms with Gasteiger partial charge in [-0.25, -0.2) is 9.78 Å². The Labute approximate surface area is 167 Å². The number of hydrogen-bond donors (Lipinski definition) is 1. The van der Waals surface area contributed by atoms with E-state index in [4.69, 9.17) is 9.47 Å². The van der Waals surface area contributed by atoms with Crippen molar-refractivity contribution in [1.29, 1.82) is 0 Å². The third-order valence-electron chi connectivity index (χ3n) is 4.14. The fraction of sp³-hybridized carbons (Fsp3) is 0.0909. The molecule has 0 radical (unpaired) electrons. The summed E-state index contributed by atoms with van der Waals surface area (Å²) in [4.78, 5) is 24.5. The quantitative estimate of drug-likeness (QED) is 0.516. The molecule has 0 saturated carbocycles. The van der Waals surface area contributed by atoms with E-state index in [-0.39, 0.29) is 6.01 Å². The van der Waals surface area contributed by atoms with Gasteiger partial charge in [0.2, 0.25) is 0 Å². The van der Waals surface area contributed by atoms with Gasteiger partial charge in [-0.2, -0.15) is 4.98 Å². The summed E-state index contributed by atoms with van der Waals surface area (Å²) >= 11 is 0. The summed E-state index contributed by atoms with van der Waals surface area (Å²) in [6.45, 7) is 2.07. The number of hydrogen-bond acceptors (Lipinski definition) is 6. The van der Waals surface area contributed by atoms with Crippen LogP contribution in [0.4, 0.5) is 10.5 Å². The third-order valence-corrected chi connectivity index (χ3v) is 4.14. The van der Waals surface area contributed by atoms with Gasteiger partial charge in [0.05, 0.1) is 12.1 Å². The Morgan fingerprint density at radius 3 is 2.86 bits per heavy atom. The number of carbonyl (C=O) groups excluding carboxylic acids is 1. The van der Waals surface area contributed by atoms with Gasteiger partial charge >= 0.3 is 12.1 Å². The number of benzene rings is 2. The van der Waals surface area contributed by atoms with Crippen LogP contribution in [0.2, 0.25) is 0 Å².